The Balaban J connectivity index is 1.45. The number of aromatic nitrogens is 6. The van der Waals surface area contributed by atoms with Crippen LogP contribution in [0.5, 0.6) is 0 Å². The lowest BCUT2D eigenvalue weighted by molar-refractivity contribution is -0.137. The van der Waals surface area contributed by atoms with Gasteiger partial charge >= 0.3 is 6.18 Å². The van der Waals surface area contributed by atoms with Crippen LogP contribution in [-0.4, -0.2) is 66.9 Å². The van der Waals surface area contributed by atoms with Crippen LogP contribution in [0, 0.1) is 0 Å². The number of anilines is 3. The summed E-state index contributed by atoms with van der Waals surface area (Å²) in [6, 6.07) is 4.66. The van der Waals surface area contributed by atoms with E-state index in [0.29, 0.717) is 36.3 Å². The number of hydrogen-bond acceptors (Lipinski definition) is 7. The molecule has 1 aliphatic heterocycles. The van der Waals surface area contributed by atoms with Gasteiger partial charge in [0.1, 0.15) is 6.33 Å². The molecule has 0 bridgehead atoms. The summed E-state index contributed by atoms with van der Waals surface area (Å²) in [4.78, 5) is 12.7. The van der Waals surface area contributed by atoms with Crippen molar-refractivity contribution in [3.8, 4) is 11.3 Å². The molecule has 12 heteroatoms. The van der Waals surface area contributed by atoms with Gasteiger partial charge in [-0.15, -0.1) is 0 Å². The summed E-state index contributed by atoms with van der Waals surface area (Å²) in [5.41, 5.74) is 1.58. The maximum absolute atomic E-state index is 14.0. The third-order valence-corrected chi connectivity index (χ3v) is 6.05. The summed E-state index contributed by atoms with van der Waals surface area (Å²) < 4.78 is 43.6. The van der Waals surface area contributed by atoms with Crippen LogP contribution in [0.1, 0.15) is 19.4 Å². The van der Waals surface area contributed by atoms with E-state index in [9.17, 15) is 13.2 Å². The fourth-order valence-electron chi connectivity index (χ4n) is 4.23. The summed E-state index contributed by atoms with van der Waals surface area (Å²) in [6.45, 7) is 6.75. The van der Waals surface area contributed by atoms with E-state index in [0.717, 1.165) is 24.7 Å². The number of benzene rings is 1. The fourth-order valence-corrected chi connectivity index (χ4v) is 4.23. The Morgan fingerprint density at radius 3 is 2.53 bits per heavy atom. The smallest absolute Gasteiger partial charge is 0.368 e. The second kappa shape index (κ2) is 8.60. The van der Waals surface area contributed by atoms with Crippen molar-refractivity contribution in [2.45, 2.75) is 26.1 Å². The van der Waals surface area contributed by atoms with Crippen molar-refractivity contribution in [2.24, 2.45) is 0 Å². The quantitative estimate of drug-likeness (QED) is 0.458. The number of alkyl halides is 3. The average Bonchev–Trinajstić information content (AvgIpc) is 3.52. The lowest BCUT2D eigenvalue weighted by Crippen LogP contribution is -2.49. The monoisotopic (exact) mass is 471 g/mol. The normalized spacial score (nSPS) is 15.4. The zero-order valence-corrected chi connectivity index (χ0v) is 18.7. The summed E-state index contributed by atoms with van der Waals surface area (Å²) in [5, 5.41) is 13.9. The summed E-state index contributed by atoms with van der Waals surface area (Å²) >= 11 is 0. The van der Waals surface area contributed by atoms with Crippen molar-refractivity contribution >= 4 is 22.8 Å². The molecule has 0 radical (unpaired) electrons. The maximum atomic E-state index is 14.0. The molecule has 1 aromatic carbocycles. The summed E-state index contributed by atoms with van der Waals surface area (Å²) in [6.07, 6.45) is 1.76. The SMILES string of the molecule is CC(C)N1CCN(c2ccc(Nc3ncc(-c4cn[nH]c4)n4ncnc34)cc2C(F)(F)F)CC1. The Labute approximate surface area is 193 Å². The highest BCUT2D eigenvalue weighted by molar-refractivity contribution is 5.74. The van der Waals surface area contributed by atoms with Crippen molar-refractivity contribution in [1.29, 1.82) is 0 Å². The molecule has 178 valence electrons. The van der Waals surface area contributed by atoms with Gasteiger partial charge in [-0.25, -0.2) is 14.5 Å². The molecule has 0 amide bonds. The number of rotatable bonds is 5. The van der Waals surface area contributed by atoms with E-state index in [1.165, 1.54) is 12.4 Å². The lowest BCUT2D eigenvalue weighted by Gasteiger charge is -2.39. The molecule has 5 rings (SSSR count). The van der Waals surface area contributed by atoms with E-state index in [-0.39, 0.29) is 11.4 Å². The minimum atomic E-state index is -4.50. The van der Waals surface area contributed by atoms with Crippen LogP contribution >= 0.6 is 0 Å². The van der Waals surface area contributed by atoms with Crippen LogP contribution in [0.2, 0.25) is 0 Å². The number of nitrogens with zero attached hydrogens (tertiary/aromatic N) is 7. The van der Waals surface area contributed by atoms with Crippen LogP contribution in [0.3, 0.4) is 0 Å². The van der Waals surface area contributed by atoms with Crippen molar-refractivity contribution in [1.82, 2.24) is 34.7 Å². The molecule has 1 saturated heterocycles. The van der Waals surface area contributed by atoms with Crippen LogP contribution in [-0.2, 0) is 6.18 Å². The second-order valence-corrected chi connectivity index (χ2v) is 8.45. The predicted octanol–water partition coefficient (Wildman–Crippen LogP) is 3.81. The Kier molecular flexibility index (Phi) is 5.60. The molecule has 0 saturated carbocycles. The average molecular weight is 471 g/mol. The van der Waals surface area contributed by atoms with Crippen LogP contribution < -0.4 is 10.2 Å². The number of hydrogen-bond donors (Lipinski definition) is 2. The molecular formula is C22H24F3N9. The molecule has 2 N–H and O–H groups in total. The van der Waals surface area contributed by atoms with Gasteiger partial charge in [-0.05, 0) is 32.0 Å². The Bertz CT molecular complexity index is 1270. The maximum Gasteiger partial charge on any atom is 0.418 e. The molecule has 4 heterocycles. The van der Waals surface area contributed by atoms with Gasteiger partial charge in [-0.1, -0.05) is 0 Å². The first kappa shape index (κ1) is 22.1. The Morgan fingerprint density at radius 1 is 1.06 bits per heavy atom. The zero-order chi connectivity index (χ0) is 23.9. The first-order chi connectivity index (χ1) is 16.3. The van der Waals surface area contributed by atoms with Gasteiger partial charge in [0.2, 0.25) is 0 Å². The van der Waals surface area contributed by atoms with Gasteiger partial charge in [0.05, 0.1) is 23.7 Å². The van der Waals surface area contributed by atoms with Gasteiger partial charge in [0.15, 0.2) is 11.5 Å². The van der Waals surface area contributed by atoms with Gasteiger partial charge < -0.3 is 10.2 Å². The third-order valence-electron chi connectivity index (χ3n) is 6.05. The first-order valence-corrected chi connectivity index (χ1v) is 11.0. The van der Waals surface area contributed by atoms with Gasteiger partial charge in [-0.3, -0.25) is 10.00 Å². The second-order valence-electron chi connectivity index (χ2n) is 8.45. The standard InChI is InChI=1S/C22H24F3N9/c1-14(2)32-5-7-33(8-6-32)18-4-3-16(9-17(18)22(23,24)25)31-20-21-27-13-30-34(21)19(12-26-20)15-10-28-29-11-15/h3-4,9-14H,5-8H2,1-2H3,(H,26,31)(H,28,29). The molecule has 0 atom stereocenters. The number of halogens is 3. The molecule has 1 aliphatic rings. The topological polar surface area (TPSA) is 90.3 Å². The van der Waals surface area contributed by atoms with E-state index in [4.69, 9.17) is 0 Å². The van der Waals surface area contributed by atoms with Crippen molar-refractivity contribution in [3.63, 3.8) is 0 Å². The lowest BCUT2D eigenvalue weighted by atomic mass is 10.1. The molecule has 9 nitrogen and oxygen atoms in total. The summed E-state index contributed by atoms with van der Waals surface area (Å²) in [7, 11) is 0. The van der Waals surface area contributed by atoms with Crippen molar-refractivity contribution in [3.05, 3.63) is 48.7 Å². The van der Waals surface area contributed by atoms with Crippen LogP contribution in [0.25, 0.3) is 16.9 Å². The van der Waals surface area contributed by atoms with E-state index < -0.39 is 11.7 Å². The third kappa shape index (κ3) is 4.16. The number of fused-ring (bicyclic) bond motifs is 1. The fraction of sp³-hybridized carbons (Fsp3) is 0.364. The Hall–Kier alpha value is -3.67. The largest absolute Gasteiger partial charge is 0.418 e. The van der Waals surface area contributed by atoms with Gasteiger partial charge in [0, 0.05) is 55.4 Å². The number of aromatic amines is 1. The highest BCUT2D eigenvalue weighted by Crippen LogP contribution is 2.39. The molecule has 0 unspecified atom stereocenters. The van der Waals surface area contributed by atoms with Crippen molar-refractivity contribution < 1.29 is 13.2 Å². The van der Waals surface area contributed by atoms with Gasteiger partial charge in [0.25, 0.3) is 0 Å². The van der Waals surface area contributed by atoms with Crippen LogP contribution in [0.4, 0.5) is 30.4 Å². The Morgan fingerprint density at radius 2 is 1.85 bits per heavy atom. The van der Waals surface area contributed by atoms with Gasteiger partial charge in [-0.2, -0.15) is 23.4 Å². The van der Waals surface area contributed by atoms with E-state index in [1.54, 1.807) is 34.1 Å². The van der Waals surface area contributed by atoms with Crippen molar-refractivity contribution in [2.75, 3.05) is 36.4 Å². The highest BCUT2D eigenvalue weighted by Gasteiger charge is 2.36. The number of H-pyrrole nitrogens is 1. The number of nitrogens with one attached hydrogen (secondary N) is 2. The molecule has 3 aromatic heterocycles. The predicted molar refractivity (Wildman–Crippen MR) is 122 cm³/mol. The minimum absolute atomic E-state index is 0.192. The van der Waals surface area contributed by atoms with E-state index in [2.05, 4.69) is 49.3 Å². The van der Waals surface area contributed by atoms with E-state index in [1.807, 2.05) is 0 Å². The molecular weight excluding hydrogens is 447 g/mol. The van der Waals surface area contributed by atoms with E-state index >= 15 is 0 Å². The first-order valence-electron chi connectivity index (χ1n) is 11.0. The molecule has 1 fully saturated rings. The molecule has 34 heavy (non-hydrogen) atoms. The highest BCUT2D eigenvalue weighted by atomic mass is 19.4. The zero-order valence-electron chi connectivity index (χ0n) is 18.7. The van der Waals surface area contributed by atoms with Crippen LogP contribution in [0.15, 0.2) is 43.1 Å². The molecule has 0 spiro atoms. The minimum Gasteiger partial charge on any atom is -0.368 e. The molecule has 4 aromatic rings. The summed E-state index contributed by atoms with van der Waals surface area (Å²) in [5.74, 6) is 0.302. The number of piperazine rings is 1. The molecule has 0 aliphatic carbocycles.